The first-order chi connectivity index (χ1) is 22.5. The Morgan fingerprint density at radius 1 is 0.809 bits per heavy atom. The van der Waals surface area contributed by atoms with Gasteiger partial charge < -0.3 is 19.3 Å². The summed E-state index contributed by atoms with van der Waals surface area (Å²) >= 11 is 6.49. The molecule has 0 saturated heterocycles. The molecule has 0 aromatic heterocycles. The molecule has 8 nitrogen and oxygen atoms in total. The van der Waals surface area contributed by atoms with E-state index in [-0.39, 0.29) is 17.7 Å². The van der Waals surface area contributed by atoms with Gasteiger partial charge in [-0.05, 0) is 47.6 Å². The maximum atomic E-state index is 14.5. The highest BCUT2D eigenvalue weighted by atomic mass is 35.5. The summed E-state index contributed by atoms with van der Waals surface area (Å²) in [6, 6.07) is 19.1. The largest absolute Gasteiger partial charge is 0.426 e. The number of anilines is 2. The van der Waals surface area contributed by atoms with E-state index in [0.29, 0.717) is 61.8 Å². The van der Waals surface area contributed by atoms with Crippen molar-refractivity contribution in [3.05, 3.63) is 71.8 Å². The van der Waals surface area contributed by atoms with Crippen LogP contribution in [0.15, 0.2) is 60.7 Å². The molecule has 2 heterocycles. The normalized spacial score (nSPS) is 23.0. The third-order valence-corrected chi connectivity index (χ3v) is 10.8. The summed E-state index contributed by atoms with van der Waals surface area (Å²) in [4.78, 5) is 56.5. The first kappa shape index (κ1) is 31.2. The maximum absolute atomic E-state index is 14.5. The molecule has 4 aromatic rings. The van der Waals surface area contributed by atoms with Crippen LogP contribution >= 0.6 is 11.6 Å². The highest BCUT2D eigenvalue weighted by Crippen LogP contribution is 2.60. The molecule has 3 aliphatic rings. The van der Waals surface area contributed by atoms with Crippen molar-refractivity contribution in [2.45, 2.75) is 59.3 Å². The van der Waals surface area contributed by atoms with Gasteiger partial charge in [0, 0.05) is 67.1 Å². The lowest BCUT2D eigenvalue weighted by Crippen LogP contribution is -2.60. The van der Waals surface area contributed by atoms with E-state index in [1.54, 1.807) is 11.0 Å². The van der Waals surface area contributed by atoms with Gasteiger partial charge in [-0.25, -0.2) is 0 Å². The minimum absolute atomic E-state index is 0.00308. The summed E-state index contributed by atoms with van der Waals surface area (Å²) in [5.41, 5.74) is 2.03. The predicted octanol–water partition coefficient (Wildman–Crippen LogP) is 7.30. The molecule has 4 aromatic carbocycles. The zero-order valence-electron chi connectivity index (χ0n) is 27.0. The molecule has 0 bridgehead atoms. The van der Waals surface area contributed by atoms with Crippen molar-refractivity contribution >= 4 is 68.3 Å². The van der Waals surface area contributed by atoms with Crippen LogP contribution in [0.5, 0.6) is 11.5 Å². The van der Waals surface area contributed by atoms with E-state index in [0.717, 1.165) is 38.4 Å². The molecule has 9 heteroatoms. The minimum atomic E-state index is -0.772. The summed E-state index contributed by atoms with van der Waals surface area (Å²) in [7, 11) is 0. The summed E-state index contributed by atoms with van der Waals surface area (Å²) in [6.07, 6.45) is 2.10. The number of carbonyl (C=O) groups excluding carboxylic acids is 4. The number of ether oxygens (including phenoxy) is 2. The molecule has 1 atom stereocenters. The number of benzene rings is 4. The van der Waals surface area contributed by atoms with Crippen molar-refractivity contribution in [3.63, 3.8) is 0 Å². The molecule has 2 aliphatic heterocycles. The van der Waals surface area contributed by atoms with Crippen LogP contribution in [-0.4, -0.2) is 42.7 Å². The predicted molar refractivity (Wildman–Crippen MR) is 182 cm³/mol. The number of fused-ring (bicyclic) bond motifs is 6. The second kappa shape index (κ2) is 11.4. The van der Waals surface area contributed by atoms with Gasteiger partial charge in [-0.1, -0.05) is 62.4 Å². The van der Waals surface area contributed by atoms with E-state index in [9.17, 15) is 19.2 Å². The number of hydrogen-bond donors (Lipinski definition) is 0. The SMILES string of the molecule is CCC1(C(=O)N2CCc3c2cc(OC(C)=O)c2ccccc32)CC(C)(C(=O)N2CC(CCl)c3c2cc(OC(C)=O)c2ccccc32)C1. The van der Waals surface area contributed by atoms with Crippen LogP contribution < -0.4 is 19.3 Å². The highest BCUT2D eigenvalue weighted by molar-refractivity contribution is 6.19. The van der Waals surface area contributed by atoms with Crippen LogP contribution in [0.3, 0.4) is 0 Å². The number of carbonyl (C=O) groups is 4. The highest BCUT2D eigenvalue weighted by Gasteiger charge is 2.61. The second-order valence-corrected chi connectivity index (χ2v) is 13.8. The van der Waals surface area contributed by atoms with Crippen molar-refractivity contribution in [2.24, 2.45) is 10.8 Å². The van der Waals surface area contributed by atoms with Gasteiger partial charge in [0.25, 0.3) is 0 Å². The third-order valence-electron chi connectivity index (χ3n) is 10.4. The van der Waals surface area contributed by atoms with E-state index >= 15 is 0 Å². The molecular formula is C38H37ClN2O6. The van der Waals surface area contributed by atoms with Crippen molar-refractivity contribution in [3.8, 4) is 11.5 Å². The second-order valence-electron chi connectivity index (χ2n) is 13.5. The van der Waals surface area contributed by atoms with Crippen molar-refractivity contribution in [1.29, 1.82) is 0 Å². The van der Waals surface area contributed by atoms with Crippen LogP contribution in [0.25, 0.3) is 21.5 Å². The number of amides is 2. The fraction of sp³-hybridized carbons (Fsp3) is 0.368. The molecule has 2 amide bonds. The fourth-order valence-corrected chi connectivity index (χ4v) is 8.67. The Kier molecular flexibility index (Phi) is 7.54. The van der Waals surface area contributed by atoms with E-state index in [4.69, 9.17) is 21.1 Å². The zero-order valence-corrected chi connectivity index (χ0v) is 27.8. The van der Waals surface area contributed by atoms with Gasteiger partial charge in [-0.15, -0.1) is 11.6 Å². The Hall–Kier alpha value is -4.43. The lowest BCUT2D eigenvalue weighted by atomic mass is 9.51. The van der Waals surface area contributed by atoms with Crippen molar-refractivity contribution in [1.82, 2.24) is 0 Å². The van der Waals surface area contributed by atoms with Gasteiger partial charge in [-0.2, -0.15) is 0 Å². The number of esters is 2. The first-order valence-electron chi connectivity index (χ1n) is 16.2. The van der Waals surface area contributed by atoms with Gasteiger partial charge >= 0.3 is 11.9 Å². The monoisotopic (exact) mass is 652 g/mol. The van der Waals surface area contributed by atoms with E-state index in [1.165, 1.54) is 13.8 Å². The average molecular weight is 653 g/mol. The van der Waals surface area contributed by atoms with E-state index < -0.39 is 22.8 Å². The lowest BCUT2D eigenvalue weighted by Gasteiger charge is -2.54. The molecule has 1 saturated carbocycles. The summed E-state index contributed by atoms with van der Waals surface area (Å²) in [5.74, 6) is 0.174. The van der Waals surface area contributed by atoms with E-state index in [2.05, 4.69) is 0 Å². The zero-order chi connectivity index (χ0) is 33.2. The third kappa shape index (κ3) is 4.87. The number of rotatable bonds is 6. The number of hydrogen-bond acceptors (Lipinski definition) is 6. The molecule has 1 fully saturated rings. The molecule has 47 heavy (non-hydrogen) atoms. The fourth-order valence-electron chi connectivity index (χ4n) is 8.41. The van der Waals surface area contributed by atoms with Gasteiger partial charge in [0.2, 0.25) is 11.8 Å². The summed E-state index contributed by atoms with van der Waals surface area (Å²) < 4.78 is 11.2. The van der Waals surface area contributed by atoms with Gasteiger partial charge in [0.05, 0.1) is 16.8 Å². The van der Waals surface area contributed by atoms with Gasteiger partial charge in [0.1, 0.15) is 11.5 Å². The maximum Gasteiger partial charge on any atom is 0.308 e. The lowest BCUT2D eigenvalue weighted by molar-refractivity contribution is -0.153. The molecule has 242 valence electrons. The molecule has 0 radical (unpaired) electrons. The smallest absolute Gasteiger partial charge is 0.308 e. The summed E-state index contributed by atoms with van der Waals surface area (Å²) in [6.45, 7) is 7.63. The number of halogens is 1. The molecule has 7 rings (SSSR count). The molecule has 1 unspecified atom stereocenters. The quantitative estimate of drug-likeness (QED) is 0.123. The Morgan fingerprint density at radius 3 is 1.94 bits per heavy atom. The van der Waals surface area contributed by atoms with Crippen LogP contribution in [0.2, 0.25) is 0 Å². The number of alkyl halides is 1. The topological polar surface area (TPSA) is 93.2 Å². The Morgan fingerprint density at radius 2 is 1.36 bits per heavy atom. The van der Waals surface area contributed by atoms with Gasteiger partial charge in [-0.3, -0.25) is 19.2 Å². The molecule has 0 spiro atoms. The summed E-state index contributed by atoms with van der Waals surface area (Å²) in [5, 5.41) is 3.52. The minimum Gasteiger partial charge on any atom is -0.426 e. The molecular weight excluding hydrogens is 616 g/mol. The standard InChI is InChI=1S/C38H37ClN2O6/c1-5-38(36(45)40-15-14-26-25-10-6-7-11-27(25)32(16-30(26)40)46-22(2)42)20-37(4,21-38)35(44)41-19-24(18-39)34-29-13-9-8-12-28(29)33(17-31(34)41)47-23(3)43/h6-13,16-17,24H,5,14-15,18-21H2,1-4H3. The van der Waals surface area contributed by atoms with Crippen LogP contribution in [0.1, 0.15) is 64.0 Å². The average Bonchev–Trinajstić information content (AvgIpc) is 3.64. The van der Waals surface area contributed by atoms with Gasteiger partial charge in [0.15, 0.2) is 0 Å². The number of nitrogens with zero attached hydrogens (tertiary/aromatic N) is 2. The van der Waals surface area contributed by atoms with Crippen molar-refractivity contribution < 1.29 is 28.7 Å². The Balaban J connectivity index is 1.20. The first-order valence-corrected chi connectivity index (χ1v) is 16.7. The Labute approximate surface area is 278 Å². The Bertz CT molecular complexity index is 2000. The van der Waals surface area contributed by atoms with Crippen LogP contribution in [-0.2, 0) is 25.6 Å². The van der Waals surface area contributed by atoms with Crippen LogP contribution in [0, 0.1) is 10.8 Å². The van der Waals surface area contributed by atoms with E-state index in [1.807, 2.05) is 73.3 Å². The van der Waals surface area contributed by atoms with Crippen LogP contribution in [0.4, 0.5) is 11.4 Å². The molecule has 1 aliphatic carbocycles. The molecule has 0 N–H and O–H groups in total. The van der Waals surface area contributed by atoms with Crippen molar-refractivity contribution in [2.75, 3.05) is 28.8 Å².